The third kappa shape index (κ3) is 5.64. The van der Waals surface area contributed by atoms with Gasteiger partial charge in [-0.25, -0.2) is 4.98 Å². The molecule has 1 amide bonds. The molecule has 6 heteroatoms. The van der Waals surface area contributed by atoms with Crippen LogP contribution in [0.3, 0.4) is 0 Å². The molecule has 1 aromatic carbocycles. The molecule has 0 radical (unpaired) electrons. The van der Waals surface area contributed by atoms with E-state index in [0.29, 0.717) is 12.1 Å². The maximum atomic E-state index is 12.6. The van der Waals surface area contributed by atoms with Gasteiger partial charge < -0.3 is 10.0 Å². The van der Waals surface area contributed by atoms with Crippen LogP contribution < -0.4 is 0 Å². The van der Waals surface area contributed by atoms with Crippen LogP contribution in [-0.4, -0.2) is 58.6 Å². The van der Waals surface area contributed by atoms with E-state index in [4.69, 9.17) is 5.11 Å². The highest BCUT2D eigenvalue weighted by molar-refractivity contribution is 7.09. The molecule has 1 aliphatic rings. The van der Waals surface area contributed by atoms with Crippen molar-refractivity contribution in [2.45, 2.75) is 26.3 Å². The van der Waals surface area contributed by atoms with Crippen molar-refractivity contribution in [1.82, 2.24) is 14.8 Å². The highest BCUT2D eigenvalue weighted by Gasteiger charge is 2.21. The quantitative estimate of drug-likeness (QED) is 0.825. The van der Waals surface area contributed by atoms with E-state index in [0.717, 1.165) is 49.7 Å². The van der Waals surface area contributed by atoms with Gasteiger partial charge in [0.2, 0.25) is 0 Å². The summed E-state index contributed by atoms with van der Waals surface area (Å²) in [6.45, 7) is 6.27. The Labute approximate surface area is 164 Å². The molecule has 2 heterocycles. The van der Waals surface area contributed by atoms with Gasteiger partial charge in [0, 0.05) is 50.1 Å². The number of aliphatic hydroxyl groups is 1. The third-order valence-electron chi connectivity index (χ3n) is 4.54. The fourth-order valence-corrected chi connectivity index (χ4v) is 3.71. The van der Waals surface area contributed by atoms with E-state index in [9.17, 15) is 4.79 Å². The predicted octanol–water partition coefficient (Wildman–Crippen LogP) is 2.53. The van der Waals surface area contributed by atoms with E-state index >= 15 is 0 Å². The molecule has 1 aliphatic heterocycles. The maximum Gasteiger partial charge on any atom is 0.273 e. The first-order chi connectivity index (χ1) is 13.2. The topological polar surface area (TPSA) is 56.7 Å². The minimum atomic E-state index is 0.0482. The fourth-order valence-electron chi connectivity index (χ4n) is 3.13. The molecule has 1 N–H and O–H groups in total. The van der Waals surface area contributed by atoms with Gasteiger partial charge in [0.1, 0.15) is 5.69 Å². The molecule has 0 unspecified atom stereocenters. The predicted molar refractivity (Wildman–Crippen MR) is 108 cm³/mol. The Balaban J connectivity index is 1.54. The van der Waals surface area contributed by atoms with Crippen LogP contribution in [0.25, 0.3) is 0 Å². The largest absolute Gasteiger partial charge is 0.395 e. The number of aromatic nitrogens is 1. The molecule has 1 fully saturated rings. The van der Waals surface area contributed by atoms with E-state index in [1.807, 2.05) is 29.3 Å². The Hall–Kier alpha value is -2.20. The summed E-state index contributed by atoms with van der Waals surface area (Å²) >= 11 is 1.52. The smallest absolute Gasteiger partial charge is 0.273 e. The van der Waals surface area contributed by atoms with Crippen molar-refractivity contribution in [3.63, 3.8) is 0 Å². The zero-order valence-corrected chi connectivity index (χ0v) is 16.5. The SMILES string of the molecule is Cc1nc(C(=O)N2CCCN(Cc3ccc(C#CCCO)cc3)CC2)cs1. The highest BCUT2D eigenvalue weighted by atomic mass is 32.1. The zero-order chi connectivity index (χ0) is 19.1. The lowest BCUT2D eigenvalue weighted by molar-refractivity contribution is 0.0756. The van der Waals surface area contributed by atoms with Crippen molar-refractivity contribution in [2.75, 3.05) is 32.8 Å². The molecule has 5 nitrogen and oxygen atoms in total. The van der Waals surface area contributed by atoms with Crippen LogP contribution in [0, 0.1) is 18.8 Å². The molecule has 27 heavy (non-hydrogen) atoms. The van der Waals surface area contributed by atoms with Crippen molar-refractivity contribution in [3.05, 3.63) is 51.5 Å². The number of rotatable bonds is 4. The number of aryl methyl sites for hydroxylation is 1. The lowest BCUT2D eigenvalue weighted by Crippen LogP contribution is -2.35. The van der Waals surface area contributed by atoms with Gasteiger partial charge in [-0.1, -0.05) is 24.0 Å². The Morgan fingerprint density at radius 3 is 2.74 bits per heavy atom. The first-order valence-corrected chi connectivity index (χ1v) is 10.2. The van der Waals surface area contributed by atoms with Crippen molar-refractivity contribution in [2.24, 2.45) is 0 Å². The van der Waals surface area contributed by atoms with Crippen LogP contribution in [0.5, 0.6) is 0 Å². The standard InChI is InChI=1S/C21H25N3O2S/c1-17-22-20(16-27-17)21(26)24-11-4-10-23(12-13-24)15-19-8-6-18(7-9-19)5-2-3-14-25/h6-9,16,25H,3-4,10-15H2,1H3. The first kappa shape index (κ1) is 19.6. The molecule has 2 aromatic rings. The fraction of sp³-hybridized carbons (Fsp3) is 0.429. The number of carbonyl (C=O) groups excluding carboxylic acids is 1. The van der Waals surface area contributed by atoms with Gasteiger partial charge >= 0.3 is 0 Å². The summed E-state index contributed by atoms with van der Waals surface area (Å²) in [6.07, 6.45) is 1.48. The van der Waals surface area contributed by atoms with Gasteiger partial charge in [-0.2, -0.15) is 0 Å². The van der Waals surface area contributed by atoms with Crippen LogP contribution in [0.4, 0.5) is 0 Å². The van der Waals surface area contributed by atoms with Crippen molar-refractivity contribution >= 4 is 17.2 Å². The normalized spacial score (nSPS) is 15.1. The van der Waals surface area contributed by atoms with Crippen LogP contribution in [0.1, 0.15) is 39.5 Å². The molecule has 0 atom stereocenters. The highest BCUT2D eigenvalue weighted by Crippen LogP contribution is 2.14. The summed E-state index contributed by atoms with van der Waals surface area (Å²) in [5.41, 5.74) is 2.79. The summed E-state index contributed by atoms with van der Waals surface area (Å²) in [4.78, 5) is 21.2. The van der Waals surface area contributed by atoms with Crippen LogP contribution in [0.2, 0.25) is 0 Å². The van der Waals surface area contributed by atoms with E-state index in [1.165, 1.54) is 16.9 Å². The van der Waals surface area contributed by atoms with E-state index < -0.39 is 0 Å². The minimum Gasteiger partial charge on any atom is -0.395 e. The lowest BCUT2D eigenvalue weighted by atomic mass is 10.1. The maximum absolute atomic E-state index is 12.6. The third-order valence-corrected chi connectivity index (χ3v) is 5.32. The van der Waals surface area contributed by atoms with Crippen molar-refractivity contribution in [1.29, 1.82) is 0 Å². The number of aliphatic hydroxyl groups excluding tert-OH is 1. The van der Waals surface area contributed by atoms with E-state index in [1.54, 1.807) is 0 Å². The second kappa shape index (κ2) is 9.65. The first-order valence-electron chi connectivity index (χ1n) is 9.28. The van der Waals surface area contributed by atoms with Gasteiger partial charge in [0.15, 0.2) is 0 Å². The summed E-state index contributed by atoms with van der Waals surface area (Å²) in [5.74, 6) is 6.04. The Bertz CT molecular complexity index is 820. The molecule has 0 aliphatic carbocycles. The van der Waals surface area contributed by atoms with Gasteiger partial charge in [0.05, 0.1) is 11.6 Å². The molecule has 3 rings (SSSR count). The summed E-state index contributed by atoms with van der Waals surface area (Å²) in [7, 11) is 0. The minimum absolute atomic E-state index is 0.0482. The Kier molecular flexibility index (Phi) is 6.99. The number of nitrogens with zero attached hydrogens (tertiary/aromatic N) is 3. The number of thiazole rings is 1. The number of hydrogen-bond acceptors (Lipinski definition) is 5. The number of amides is 1. The molecule has 0 spiro atoms. The van der Waals surface area contributed by atoms with E-state index in [2.05, 4.69) is 33.9 Å². The number of hydrogen-bond donors (Lipinski definition) is 1. The molecular formula is C21H25N3O2S. The molecule has 142 valence electrons. The molecular weight excluding hydrogens is 358 g/mol. The summed E-state index contributed by atoms with van der Waals surface area (Å²) in [6, 6.07) is 8.26. The Morgan fingerprint density at radius 1 is 1.22 bits per heavy atom. The second-order valence-corrected chi connectivity index (χ2v) is 7.71. The monoisotopic (exact) mass is 383 g/mol. The molecule has 0 saturated carbocycles. The van der Waals surface area contributed by atoms with Gasteiger partial charge in [-0.15, -0.1) is 11.3 Å². The van der Waals surface area contributed by atoms with Gasteiger partial charge in [-0.05, 0) is 31.0 Å². The van der Waals surface area contributed by atoms with Gasteiger partial charge in [0.25, 0.3) is 5.91 Å². The van der Waals surface area contributed by atoms with E-state index in [-0.39, 0.29) is 12.5 Å². The second-order valence-electron chi connectivity index (χ2n) is 6.65. The number of carbonyl (C=O) groups is 1. The van der Waals surface area contributed by atoms with Crippen molar-refractivity contribution in [3.8, 4) is 11.8 Å². The average Bonchev–Trinajstić information content (AvgIpc) is 2.98. The molecule has 1 saturated heterocycles. The van der Waals surface area contributed by atoms with Gasteiger partial charge in [-0.3, -0.25) is 9.69 Å². The summed E-state index contributed by atoms with van der Waals surface area (Å²) < 4.78 is 0. The van der Waals surface area contributed by atoms with Crippen LogP contribution in [0.15, 0.2) is 29.6 Å². The lowest BCUT2D eigenvalue weighted by Gasteiger charge is -2.21. The summed E-state index contributed by atoms with van der Waals surface area (Å²) in [5, 5.41) is 11.6. The number of benzene rings is 1. The molecule has 0 bridgehead atoms. The average molecular weight is 384 g/mol. The molecule has 1 aromatic heterocycles. The zero-order valence-electron chi connectivity index (χ0n) is 15.6. The van der Waals surface area contributed by atoms with Crippen LogP contribution >= 0.6 is 11.3 Å². The van der Waals surface area contributed by atoms with Crippen molar-refractivity contribution < 1.29 is 9.90 Å². The van der Waals surface area contributed by atoms with Crippen LogP contribution in [-0.2, 0) is 6.54 Å². The Morgan fingerprint density at radius 2 is 2.04 bits per heavy atom.